The van der Waals surface area contributed by atoms with Crippen LogP contribution in [0.2, 0.25) is 0 Å². The summed E-state index contributed by atoms with van der Waals surface area (Å²) in [7, 11) is 0. The second-order valence-corrected chi connectivity index (χ2v) is 5.88. The highest BCUT2D eigenvalue weighted by molar-refractivity contribution is 14.1. The van der Waals surface area contributed by atoms with Gasteiger partial charge in [0, 0.05) is 16.7 Å². The molecule has 1 aromatic carbocycles. The Morgan fingerprint density at radius 1 is 1.42 bits per heavy atom. The van der Waals surface area contributed by atoms with E-state index < -0.39 is 0 Å². The van der Waals surface area contributed by atoms with E-state index in [4.69, 9.17) is 12.2 Å². The number of likely N-dealkylation sites (N-methyl/N-ethyl adjacent to an activating group) is 1. The molecule has 1 N–H and O–H groups in total. The number of hydrogen-bond donors (Lipinski definition) is 1. The Morgan fingerprint density at radius 2 is 2.11 bits per heavy atom. The van der Waals surface area contributed by atoms with Crippen molar-refractivity contribution in [2.75, 3.05) is 13.1 Å². The van der Waals surface area contributed by atoms with Gasteiger partial charge in [0.05, 0.1) is 11.0 Å². The molecule has 0 aliphatic heterocycles. The number of benzene rings is 1. The van der Waals surface area contributed by atoms with Gasteiger partial charge in [-0.05, 0) is 66.9 Å². The minimum absolute atomic E-state index is 0.0977. The highest BCUT2D eigenvalue weighted by Gasteiger charge is 2.13. The van der Waals surface area contributed by atoms with Crippen molar-refractivity contribution in [1.82, 2.24) is 14.5 Å². The highest BCUT2D eigenvalue weighted by Crippen LogP contribution is 2.17. The van der Waals surface area contributed by atoms with Crippen LogP contribution >= 0.6 is 34.8 Å². The van der Waals surface area contributed by atoms with Crippen LogP contribution in [0.15, 0.2) is 18.2 Å². The molecule has 2 aromatic rings. The molecule has 0 bridgehead atoms. The summed E-state index contributed by atoms with van der Waals surface area (Å²) in [6.45, 7) is 5.71. The van der Waals surface area contributed by atoms with Crippen molar-refractivity contribution in [3.8, 4) is 0 Å². The van der Waals surface area contributed by atoms with Crippen LogP contribution in [0.5, 0.6) is 0 Å². The second kappa shape index (κ2) is 6.04. The first-order valence-corrected chi connectivity index (χ1v) is 7.71. The normalized spacial score (nSPS) is 10.9. The molecule has 0 aliphatic rings. The van der Waals surface area contributed by atoms with Crippen LogP contribution in [0.1, 0.15) is 13.8 Å². The SMILES string of the molecule is CCN(CC)C(=O)Cn1c(=S)[nH]c2cc(I)ccc21. The first-order valence-electron chi connectivity index (χ1n) is 6.22. The van der Waals surface area contributed by atoms with E-state index in [0.717, 1.165) is 27.7 Å². The summed E-state index contributed by atoms with van der Waals surface area (Å²) in [5, 5.41) is 0. The molecule has 6 heteroatoms. The number of fused-ring (bicyclic) bond motifs is 1. The van der Waals surface area contributed by atoms with E-state index in [1.807, 2.05) is 41.5 Å². The van der Waals surface area contributed by atoms with Crippen LogP contribution in [0.4, 0.5) is 0 Å². The van der Waals surface area contributed by atoms with Gasteiger partial charge in [-0.15, -0.1) is 0 Å². The number of nitrogens with one attached hydrogen (secondary N) is 1. The van der Waals surface area contributed by atoms with Crippen molar-refractivity contribution in [1.29, 1.82) is 0 Å². The van der Waals surface area contributed by atoms with E-state index >= 15 is 0 Å². The largest absolute Gasteiger partial charge is 0.342 e. The molecular weight excluding hydrogens is 373 g/mol. The summed E-state index contributed by atoms with van der Waals surface area (Å²) in [4.78, 5) is 17.1. The van der Waals surface area contributed by atoms with Crippen LogP contribution in [0.25, 0.3) is 11.0 Å². The fourth-order valence-corrected chi connectivity index (χ4v) is 2.87. The zero-order valence-electron chi connectivity index (χ0n) is 10.9. The predicted molar refractivity (Wildman–Crippen MR) is 87.8 cm³/mol. The Hall–Kier alpha value is -0.890. The van der Waals surface area contributed by atoms with Crippen LogP contribution < -0.4 is 0 Å². The minimum Gasteiger partial charge on any atom is -0.342 e. The van der Waals surface area contributed by atoms with Crippen molar-refractivity contribution in [2.45, 2.75) is 20.4 Å². The number of carbonyl (C=O) groups is 1. The maximum atomic E-state index is 12.2. The Bertz CT molecular complexity index is 657. The number of rotatable bonds is 4. The number of carbonyl (C=O) groups excluding carboxylic acids is 1. The van der Waals surface area contributed by atoms with Gasteiger partial charge in [-0.25, -0.2) is 0 Å². The molecule has 0 fully saturated rings. The zero-order chi connectivity index (χ0) is 14.0. The molecule has 102 valence electrons. The topological polar surface area (TPSA) is 41.0 Å². The summed E-state index contributed by atoms with van der Waals surface area (Å²) in [6.07, 6.45) is 0. The summed E-state index contributed by atoms with van der Waals surface area (Å²) in [6, 6.07) is 6.05. The van der Waals surface area contributed by atoms with Gasteiger partial charge in [0.2, 0.25) is 5.91 Å². The number of nitrogens with zero attached hydrogens (tertiary/aromatic N) is 2. The first kappa shape index (κ1) is 14.5. The molecule has 0 aliphatic carbocycles. The van der Waals surface area contributed by atoms with Crippen LogP contribution in [-0.4, -0.2) is 33.4 Å². The first-order chi connectivity index (χ1) is 9.06. The van der Waals surface area contributed by atoms with Crippen molar-refractivity contribution < 1.29 is 4.79 Å². The maximum Gasteiger partial charge on any atom is 0.242 e. The molecule has 0 saturated carbocycles. The Labute approximate surface area is 130 Å². The van der Waals surface area contributed by atoms with Gasteiger partial charge in [0.25, 0.3) is 0 Å². The van der Waals surface area contributed by atoms with Gasteiger partial charge in [0.15, 0.2) is 4.77 Å². The van der Waals surface area contributed by atoms with Crippen molar-refractivity contribution in [3.63, 3.8) is 0 Å². The molecule has 1 aromatic heterocycles. The third-order valence-electron chi connectivity index (χ3n) is 3.15. The van der Waals surface area contributed by atoms with Gasteiger partial charge in [-0.2, -0.15) is 0 Å². The number of halogens is 1. The standard InChI is InChI=1S/C13H16IN3OS/c1-3-16(4-2)12(18)8-17-11-6-5-9(14)7-10(11)15-13(17)19/h5-7H,3-4,8H2,1-2H3,(H,15,19). The number of amides is 1. The molecule has 0 saturated heterocycles. The van der Waals surface area contributed by atoms with Crippen LogP contribution in [-0.2, 0) is 11.3 Å². The van der Waals surface area contributed by atoms with Crippen LogP contribution in [0.3, 0.4) is 0 Å². The predicted octanol–water partition coefficient (Wildman–Crippen LogP) is 3.17. The fourth-order valence-electron chi connectivity index (χ4n) is 2.10. The zero-order valence-corrected chi connectivity index (χ0v) is 13.9. The number of aromatic amines is 1. The average molecular weight is 389 g/mol. The molecule has 19 heavy (non-hydrogen) atoms. The Balaban J connectivity index is 2.38. The van der Waals surface area contributed by atoms with Crippen LogP contribution in [0, 0.1) is 8.34 Å². The van der Waals surface area contributed by atoms with E-state index in [1.165, 1.54) is 0 Å². The van der Waals surface area contributed by atoms with E-state index in [0.29, 0.717) is 11.3 Å². The lowest BCUT2D eigenvalue weighted by atomic mass is 10.3. The van der Waals surface area contributed by atoms with Crippen molar-refractivity contribution in [2.24, 2.45) is 0 Å². The number of imidazole rings is 1. The quantitative estimate of drug-likeness (QED) is 0.645. The lowest BCUT2D eigenvalue weighted by Gasteiger charge is -2.18. The Morgan fingerprint density at radius 3 is 2.74 bits per heavy atom. The molecule has 0 spiro atoms. The van der Waals surface area contributed by atoms with Gasteiger partial charge in [-0.1, -0.05) is 0 Å². The second-order valence-electron chi connectivity index (χ2n) is 4.24. The highest BCUT2D eigenvalue weighted by atomic mass is 127. The molecular formula is C13H16IN3OS. The average Bonchev–Trinajstić information content (AvgIpc) is 2.66. The maximum absolute atomic E-state index is 12.2. The number of aromatic nitrogens is 2. The lowest BCUT2D eigenvalue weighted by Crippen LogP contribution is -2.33. The van der Waals surface area contributed by atoms with Gasteiger partial charge < -0.3 is 14.5 Å². The molecule has 0 radical (unpaired) electrons. The number of hydrogen-bond acceptors (Lipinski definition) is 2. The monoisotopic (exact) mass is 389 g/mol. The molecule has 1 heterocycles. The summed E-state index contributed by atoms with van der Waals surface area (Å²) < 4.78 is 3.60. The third-order valence-corrected chi connectivity index (χ3v) is 4.14. The minimum atomic E-state index is 0.0977. The van der Waals surface area contributed by atoms with Gasteiger partial charge >= 0.3 is 0 Å². The molecule has 4 nitrogen and oxygen atoms in total. The van der Waals surface area contributed by atoms with Crippen molar-refractivity contribution in [3.05, 3.63) is 26.5 Å². The summed E-state index contributed by atoms with van der Waals surface area (Å²) >= 11 is 7.57. The fraction of sp³-hybridized carbons (Fsp3) is 0.385. The number of H-pyrrole nitrogens is 1. The third kappa shape index (κ3) is 3.00. The van der Waals surface area contributed by atoms with Crippen molar-refractivity contribution >= 4 is 51.7 Å². The molecule has 2 rings (SSSR count). The van der Waals surface area contributed by atoms with E-state index in [1.54, 1.807) is 0 Å². The Kier molecular flexibility index (Phi) is 4.62. The molecule has 1 amide bonds. The van der Waals surface area contributed by atoms with Gasteiger partial charge in [0.1, 0.15) is 6.54 Å². The van der Waals surface area contributed by atoms with E-state index in [-0.39, 0.29) is 5.91 Å². The summed E-state index contributed by atoms with van der Waals surface area (Å²) in [5.41, 5.74) is 1.95. The smallest absolute Gasteiger partial charge is 0.242 e. The van der Waals surface area contributed by atoms with E-state index in [2.05, 4.69) is 27.6 Å². The van der Waals surface area contributed by atoms with Gasteiger partial charge in [-0.3, -0.25) is 4.79 Å². The lowest BCUT2D eigenvalue weighted by molar-refractivity contribution is -0.131. The molecule has 0 unspecified atom stereocenters. The summed E-state index contributed by atoms with van der Waals surface area (Å²) in [5.74, 6) is 0.0977. The van der Waals surface area contributed by atoms with E-state index in [9.17, 15) is 4.79 Å². The molecule has 0 atom stereocenters.